The summed E-state index contributed by atoms with van der Waals surface area (Å²) < 4.78 is 9.80. The number of nitrogen functional groups attached to an aromatic ring is 1. The van der Waals surface area contributed by atoms with Gasteiger partial charge in [0.15, 0.2) is 0 Å². The fraction of sp³-hybridized carbons (Fsp3) is 0.143. The van der Waals surface area contributed by atoms with Crippen molar-refractivity contribution in [3.8, 4) is 17.1 Å². The van der Waals surface area contributed by atoms with Crippen LogP contribution in [0.5, 0.6) is 5.88 Å². The van der Waals surface area contributed by atoms with Crippen molar-refractivity contribution in [2.75, 3.05) is 20.0 Å². The van der Waals surface area contributed by atoms with Crippen LogP contribution in [0.3, 0.4) is 0 Å². The van der Waals surface area contributed by atoms with E-state index >= 15 is 0 Å². The van der Waals surface area contributed by atoms with Crippen LogP contribution in [0, 0.1) is 0 Å². The van der Waals surface area contributed by atoms with Gasteiger partial charge in [-0.25, -0.2) is 9.78 Å². The smallest absolute Gasteiger partial charge is 0.338 e. The van der Waals surface area contributed by atoms with Crippen molar-refractivity contribution in [2.45, 2.75) is 0 Å². The number of carbonyl (C=O) groups is 1. The van der Waals surface area contributed by atoms with Gasteiger partial charge in [0.25, 0.3) is 0 Å². The second kappa shape index (κ2) is 5.39. The van der Waals surface area contributed by atoms with Crippen molar-refractivity contribution >= 4 is 11.7 Å². The third-order valence-corrected chi connectivity index (χ3v) is 2.61. The van der Waals surface area contributed by atoms with Gasteiger partial charge in [0, 0.05) is 17.3 Å². The van der Waals surface area contributed by atoms with Crippen LogP contribution in [-0.2, 0) is 4.74 Å². The molecule has 0 saturated carbocycles. The molecule has 0 bridgehead atoms. The summed E-state index contributed by atoms with van der Waals surface area (Å²) in [6, 6.07) is 10.4. The van der Waals surface area contributed by atoms with Crippen molar-refractivity contribution in [1.29, 1.82) is 0 Å². The highest BCUT2D eigenvalue weighted by Crippen LogP contribution is 2.24. The summed E-state index contributed by atoms with van der Waals surface area (Å²) in [5.74, 6) is -0.0915. The molecular formula is C14H14N2O3. The zero-order valence-electron chi connectivity index (χ0n) is 10.7. The lowest BCUT2D eigenvalue weighted by atomic mass is 10.1. The lowest BCUT2D eigenvalue weighted by molar-refractivity contribution is 0.0600. The minimum absolute atomic E-state index is 0.348. The van der Waals surface area contributed by atoms with Crippen LogP contribution in [0.15, 0.2) is 36.4 Å². The zero-order chi connectivity index (χ0) is 13.8. The normalized spacial score (nSPS) is 10.0. The topological polar surface area (TPSA) is 74.4 Å². The summed E-state index contributed by atoms with van der Waals surface area (Å²) in [6.07, 6.45) is 0. The van der Waals surface area contributed by atoms with Crippen LogP contribution in [-0.4, -0.2) is 25.2 Å². The monoisotopic (exact) mass is 258 g/mol. The Morgan fingerprint density at radius 2 is 2.00 bits per heavy atom. The number of nitrogens with zero attached hydrogens (tertiary/aromatic N) is 1. The first kappa shape index (κ1) is 12.9. The summed E-state index contributed by atoms with van der Waals surface area (Å²) in [4.78, 5) is 15.9. The van der Waals surface area contributed by atoms with Crippen LogP contribution in [0.25, 0.3) is 11.3 Å². The van der Waals surface area contributed by atoms with Gasteiger partial charge in [0.05, 0.1) is 25.5 Å². The Bertz CT molecular complexity index is 611. The number of esters is 1. The van der Waals surface area contributed by atoms with Gasteiger partial charge >= 0.3 is 5.97 Å². The number of hydrogen-bond acceptors (Lipinski definition) is 5. The maximum Gasteiger partial charge on any atom is 0.338 e. The van der Waals surface area contributed by atoms with Gasteiger partial charge in [-0.2, -0.15) is 0 Å². The average molecular weight is 258 g/mol. The molecule has 1 heterocycles. The zero-order valence-corrected chi connectivity index (χ0v) is 10.7. The molecule has 5 nitrogen and oxygen atoms in total. The second-order valence-electron chi connectivity index (χ2n) is 3.90. The number of aromatic nitrogens is 1. The number of carbonyl (C=O) groups excluding carboxylic acids is 1. The third kappa shape index (κ3) is 2.82. The Kier molecular flexibility index (Phi) is 3.66. The molecule has 0 radical (unpaired) electrons. The first-order valence-corrected chi connectivity index (χ1v) is 5.64. The van der Waals surface area contributed by atoms with Crippen molar-refractivity contribution in [3.63, 3.8) is 0 Å². The molecular weight excluding hydrogens is 244 g/mol. The van der Waals surface area contributed by atoms with Gasteiger partial charge in [-0.15, -0.1) is 0 Å². The predicted molar refractivity (Wildman–Crippen MR) is 72.0 cm³/mol. The summed E-state index contributed by atoms with van der Waals surface area (Å²) in [7, 11) is 2.82. The maximum atomic E-state index is 11.6. The lowest BCUT2D eigenvalue weighted by Crippen LogP contribution is -2.03. The molecule has 0 amide bonds. The van der Waals surface area contributed by atoms with Crippen LogP contribution >= 0.6 is 0 Å². The Balaban J connectivity index is 2.53. The van der Waals surface area contributed by atoms with Crippen LogP contribution < -0.4 is 10.5 Å². The fourth-order valence-electron chi connectivity index (χ4n) is 1.69. The Morgan fingerprint density at radius 1 is 1.21 bits per heavy atom. The number of hydrogen-bond donors (Lipinski definition) is 1. The van der Waals surface area contributed by atoms with Crippen LogP contribution in [0.1, 0.15) is 10.4 Å². The molecule has 98 valence electrons. The number of methoxy groups -OCH3 is 2. The van der Waals surface area contributed by atoms with Crippen LogP contribution in [0.4, 0.5) is 5.69 Å². The van der Waals surface area contributed by atoms with Crippen molar-refractivity contribution < 1.29 is 14.3 Å². The fourth-order valence-corrected chi connectivity index (χ4v) is 1.69. The molecule has 0 aliphatic heterocycles. The summed E-state index contributed by atoms with van der Waals surface area (Å²) in [6.45, 7) is 0. The predicted octanol–water partition coefficient (Wildman–Crippen LogP) is 2.13. The third-order valence-electron chi connectivity index (χ3n) is 2.61. The van der Waals surface area contributed by atoms with E-state index in [1.807, 2.05) is 12.1 Å². The molecule has 0 spiro atoms. The maximum absolute atomic E-state index is 11.6. The largest absolute Gasteiger partial charge is 0.481 e. The number of pyridine rings is 1. The Hall–Kier alpha value is -2.56. The quantitative estimate of drug-likeness (QED) is 0.674. The number of ether oxygens (including phenoxy) is 2. The molecule has 1 aromatic heterocycles. The van der Waals surface area contributed by atoms with Gasteiger partial charge in [-0.05, 0) is 18.2 Å². The van der Waals surface area contributed by atoms with Crippen LogP contribution in [0.2, 0.25) is 0 Å². The van der Waals surface area contributed by atoms with E-state index < -0.39 is 5.97 Å². The second-order valence-corrected chi connectivity index (χ2v) is 3.90. The highest BCUT2D eigenvalue weighted by molar-refractivity contribution is 5.91. The molecule has 0 fully saturated rings. The number of nitrogens with two attached hydrogens (primary N) is 1. The minimum Gasteiger partial charge on any atom is -0.481 e. The molecule has 0 saturated heterocycles. The van der Waals surface area contributed by atoms with Gasteiger partial charge in [-0.3, -0.25) is 0 Å². The van der Waals surface area contributed by atoms with Crippen molar-refractivity contribution in [3.05, 3.63) is 42.0 Å². The first-order valence-electron chi connectivity index (χ1n) is 5.64. The van der Waals surface area contributed by atoms with E-state index in [0.717, 1.165) is 5.56 Å². The van der Waals surface area contributed by atoms with Gasteiger partial charge < -0.3 is 15.2 Å². The van der Waals surface area contributed by atoms with E-state index in [2.05, 4.69) is 4.98 Å². The van der Waals surface area contributed by atoms with Gasteiger partial charge in [0.1, 0.15) is 0 Å². The standard InChI is InChI=1S/C14H14N2O3/c1-18-13-8-10(14(17)19-2)7-12(16-13)9-4-3-5-11(15)6-9/h3-8H,15H2,1-2H3. The molecule has 2 aromatic rings. The molecule has 0 aliphatic carbocycles. The number of anilines is 1. The highest BCUT2D eigenvalue weighted by Gasteiger charge is 2.11. The van der Waals surface area contributed by atoms with E-state index in [0.29, 0.717) is 22.8 Å². The molecule has 0 unspecified atom stereocenters. The van der Waals surface area contributed by atoms with Crippen molar-refractivity contribution in [1.82, 2.24) is 4.98 Å². The number of rotatable bonds is 3. The molecule has 0 aliphatic rings. The summed E-state index contributed by atoms with van der Waals surface area (Å²) in [5, 5.41) is 0. The molecule has 5 heteroatoms. The highest BCUT2D eigenvalue weighted by atomic mass is 16.5. The Labute approximate surface area is 111 Å². The van der Waals surface area contributed by atoms with E-state index in [-0.39, 0.29) is 0 Å². The van der Waals surface area contributed by atoms with Gasteiger partial charge in [0.2, 0.25) is 5.88 Å². The first-order chi connectivity index (χ1) is 9.13. The van der Waals surface area contributed by atoms with E-state index in [1.54, 1.807) is 18.2 Å². The number of benzene rings is 1. The van der Waals surface area contributed by atoms with Gasteiger partial charge in [-0.1, -0.05) is 12.1 Å². The molecule has 0 atom stereocenters. The SMILES string of the molecule is COC(=O)c1cc(OC)nc(-c2cccc(N)c2)c1. The lowest BCUT2D eigenvalue weighted by Gasteiger charge is -2.07. The molecule has 19 heavy (non-hydrogen) atoms. The Morgan fingerprint density at radius 3 is 2.63 bits per heavy atom. The van der Waals surface area contributed by atoms with E-state index in [1.165, 1.54) is 20.3 Å². The summed E-state index contributed by atoms with van der Waals surface area (Å²) in [5.41, 5.74) is 8.16. The molecule has 1 aromatic carbocycles. The molecule has 2 N–H and O–H groups in total. The molecule has 2 rings (SSSR count). The average Bonchev–Trinajstić information content (AvgIpc) is 2.45. The van der Waals surface area contributed by atoms with E-state index in [9.17, 15) is 4.79 Å². The van der Waals surface area contributed by atoms with Crippen molar-refractivity contribution in [2.24, 2.45) is 0 Å². The van der Waals surface area contributed by atoms with E-state index in [4.69, 9.17) is 15.2 Å². The summed E-state index contributed by atoms with van der Waals surface area (Å²) >= 11 is 0. The minimum atomic E-state index is -0.439.